The average Bonchev–Trinajstić information content (AvgIpc) is 2.05. The summed E-state index contributed by atoms with van der Waals surface area (Å²) in [7, 11) is 0. The third-order valence-electron chi connectivity index (χ3n) is 1.30. The molecular weight excluding hydrogens is 144 g/mol. The molecule has 1 N–H and O–H groups in total. The third-order valence-corrected chi connectivity index (χ3v) is 1.57. The van der Waals surface area contributed by atoms with Crippen LogP contribution < -0.4 is 0 Å². The van der Waals surface area contributed by atoms with Crippen molar-refractivity contribution in [2.24, 2.45) is 0 Å². The van der Waals surface area contributed by atoms with Gasteiger partial charge in [-0.25, -0.2) is 0 Å². The van der Waals surface area contributed by atoms with E-state index in [4.69, 9.17) is 17.3 Å². The molecular formula is C8H8OS. The Balaban J connectivity index is 2.90. The van der Waals surface area contributed by atoms with Crippen LogP contribution in [0.3, 0.4) is 0 Å². The largest absolute Gasteiger partial charge is 0.392 e. The molecule has 0 fully saturated rings. The topological polar surface area (TPSA) is 20.2 Å². The van der Waals surface area contributed by atoms with Gasteiger partial charge in [0.2, 0.25) is 0 Å². The van der Waals surface area contributed by atoms with E-state index in [9.17, 15) is 0 Å². The van der Waals surface area contributed by atoms with Crippen LogP contribution in [0.4, 0.5) is 0 Å². The summed E-state index contributed by atoms with van der Waals surface area (Å²) in [5.41, 5.74) is 1.92. The molecule has 0 saturated heterocycles. The molecule has 1 aromatic carbocycles. The van der Waals surface area contributed by atoms with Crippen LogP contribution in [0.2, 0.25) is 0 Å². The van der Waals surface area contributed by atoms with Crippen LogP contribution >= 0.6 is 12.2 Å². The van der Waals surface area contributed by atoms with Crippen molar-refractivity contribution in [3.63, 3.8) is 0 Å². The molecule has 0 aliphatic carbocycles. The van der Waals surface area contributed by atoms with Gasteiger partial charge in [0.25, 0.3) is 0 Å². The summed E-state index contributed by atoms with van der Waals surface area (Å²) < 4.78 is 0. The van der Waals surface area contributed by atoms with Gasteiger partial charge in [-0.1, -0.05) is 36.5 Å². The summed E-state index contributed by atoms with van der Waals surface area (Å²) >= 11 is 4.71. The maximum Gasteiger partial charge on any atom is 0.0681 e. The van der Waals surface area contributed by atoms with Crippen LogP contribution in [0.1, 0.15) is 11.1 Å². The van der Waals surface area contributed by atoms with Crippen LogP contribution in [0.5, 0.6) is 0 Å². The van der Waals surface area contributed by atoms with Crippen LogP contribution in [-0.4, -0.2) is 10.5 Å². The molecule has 0 saturated carbocycles. The second kappa shape index (κ2) is 3.44. The zero-order valence-electron chi connectivity index (χ0n) is 5.45. The van der Waals surface area contributed by atoms with E-state index in [1.807, 2.05) is 24.3 Å². The van der Waals surface area contributed by atoms with Gasteiger partial charge < -0.3 is 5.11 Å². The number of hydrogen-bond acceptors (Lipinski definition) is 2. The first kappa shape index (κ1) is 7.38. The highest BCUT2D eigenvalue weighted by atomic mass is 32.1. The molecule has 52 valence electrons. The van der Waals surface area contributed by atoms with Crippen molar-refractivity contribution < 1.29 is 5.11 Å². The van der Waals surface area contributed by atoms with E-state index in [1.165, 1.54) is 0 Å². The Kier molecular flexibility index (Phi) is 2.54. The second-order valence-corrected chi connectivity index (χ2v) is 2.25. The summed E-state index contributed by atoms with van der Waals surface area (Å²) in [6.45, 7) is 0.0949. The van der Waals surface area contributed by atoms with Gasteiger partial charge in [-0.2, -0.15) is 0 Å². The molecule has 1 nitrogen and oxygen atoms in total. The maximum absolute atomic E-state index is 8.66. The Morgan fingerprint density at radius 2 is 1.90 bits per heavy atom. The molecule has 2 heteroatoms. The lowest BCUT2D eigenvalue weighted by Crippen LogP contribution is -1.83. The van der Waals surface area contributed by atoms with Gasteiger partial charge in [-0.3, -0.25) is 0 Å². The van der Waals surface area contributed by atoms with Crippen molar-refractivity contribution in [3.8, 4) is 0 Å². The van der Waals surface area contributed by atoms with E-state index in [1.54, 1.807) is 5.37 Å². The van der Waals surface area contributed by atoms with E-state index < -0.39 is 0 Å². The van der Waals surface area contributed by atoms with Gasteiger partial charge in [-0.05, 0) is 11.1 Å². The van der Waals surface area contributed by atoms with Gasteiger partial charge in [0.1, 0.15) is 0 Å². The number of aliphatic hydroxyl groups is 1. The molecule has 0 aliphatic heterocycles. The lowest BCUT2D eigenvalue weighted by molar-refractivity contribution is 0.282. The minimum Gasteiger partial charge on any atom is -0.392 e. The van der Waals surface area contributed by atoms with Gasteiger partial charge >= 0.3 is 0 Å². The summed E-state index contributed by atoms with van der Waals surface area (Å²) in [6, 6.07) is 7.49. The molecule has 1 aromatic rings. The first-order valence-electron chi connectivity index (χ1n) is 3.02. The summed E-state index contributed by atoms with van der Waals surface area (Å²) in [5.74, 6) is 0. The van der Waals surface area contributed by atoms with Crippen LogP contribution in [0.15, 0.2) is 24.3 Å². The summed E-state index contributed by atoms with van der Waals surface area (Å²) in [6.07, 6.45) is 0. The smallest absolute Gasteiger partial charge is 0.0681 e. The zero-order valence-corrected chi connectivity index (χ0v) is 6.27. The maximum atomic E-state index is 8.66. The average molecular weight is 152 g/mol. The molecule has 0 atom stereocenters. The van der Waals surface area contributed by atoms with Crippen molar-refractivity contribution >= 4 is 17.6 Å². The molecule has 0 spiro atoms. The van der Waals surface area contributed by atoms with Gasteiger partial charge in [0.15, 0.2) is 0 Å². The number of hydrogen-bond donors (Lipinski definition) is 1. The minimum absolute atomic E-state index is 0.0949. The van der Waals surface area contributed by atoms with Crippen LogP contribution in [-0.2, 0) is 6.61 Å². The van der Waals surface area contributed by atoms with E-state index in [2.05, 4.69) is 0 Å². The quantitative estimate of drug-likeness (QED) is 0.648. The molecule has 0 unspecified atom stereocenters. The lowest BCUT2D eigenvalue weighted by Gasteiger charge is -1.94. The fourth-order valence-electron chi connectivity index (χ4n) is 0.702. The Morgan fingerprint density at radius 1 is 1.30 bits per heavy atom. The third kappa shape index (κ3) is 1.62. The Morgan fingerprint density at radius 3 is 2.30 bits per heavy atom. The molecule has 0 bridgehead atoms. The Hall–Kier alpha value is -0.730. The molecule has 0 radical (unpaired) electrons. The molecule has 0 aromatic heterocycles. The number of thiocarbonyl (C=S) groups is 1. The number of rotatable bonds is 2. The van der Waals surface area contributed by atoms with E-state index in [-0.39, 0.29) is 6.61 Å². The van der Waals surface area contributed by atoms with Crippen molar-refractivity contribution in [1.29, 1.82) is 0 Å². The Labute approximate surface area is 65.3 Å². The summed E-state index contributed by atoms with van der Waals surface area (Å²) in [5, 5.41) is 10.3. The van der Waals surface area contributed by atoms with E-state index in [0.717, 1.165) is 11.1 Å². The summed E-state index contributed by atoms with van der Waals surface area (Å²) in [4.78, 5) is 0. The van der Waals surface area contributed by atoms with Crippen molar-refractivity contribution in [1.82, 2.24) is 0 Å². The monoisotopic (exact) mass is 152 g/mol. The van der Waals surface area contributed by atoms with Crippen LogP contribution in [0, 0.1) is 0 Å². The van der Waals surface area contributed by atoms with Gasteiger partial charge in [0.05, 0.1) is 6.61 Å². The predicted molar refractivity (Wildman–Crippen MR) is 45.1 cm³/mol. The number of benzene rings is 1. The van der Waals surface area contributed by atoms with Gasteiger partial charge in [0, 0.05) is 5.37 Å². The van der Waals surface area contributed by atoms with Gasteiger partial charge in [-0.15, -0.1) is 0 Å². The first-order valence-corrected chi connectivity index (χ1v) is 3.49. The van der Waals surface area contributed by atoms with Crippen LogP contribution in [0.25, 0.3) is 0 Å². The molecule has 10 heavy (non-hydrogen) atoms. The zero-order chi connectivity index (χ0) is 7.40. The fraction of sp³-hybridized carbons (Fsp3) is 0.125. The molecule has 0 heterocycles. The molecule has 1 rings (SSSR count). The fourth-order valence-corrected chi connectivity index (χ4v) is 0.859. The van der Waals surface area contributed by atoms with E-state index >= 15 is 0 Å². The lowest BCUT2D eigenvalue weighted by atomic mass is 10.2. The highest BCUT2D eigenvalue weighted by Gasteiger charge is 1.87. The first-order chi connectivity index (χ1) is 4.86. The van der Waals surface area contributed by atoms with Crippen molar-refractivity contribution in [2.45, 2.75) is 6.61 Å². The highest BCUT2D eigenvalue weighted by molar-refractivity contribution is 7.79. The molecule has 0 aliphatic rings. The Bertz CT molecular complexity index is 215. The standard InChI is InChI=1S/C8H8OS/c9-5-7-1-3-8(6-10)4-2-7/h1-4,6,9H,5H2. The van der Waals surface area contributed by atoms with Crippen molar-refractivity contribution in [3.05, 3.63) is 35.4 Å². The minimum atomic E-state index is 0.0949. The molecule has 0 amide bonds. The number of aliphatic hydroxyl groups excluding tert-OH is 1. The highest BCUT2D eigenvalue weighted by Crippen LogP contribution is 2.01. The SMILES string of the molecule is OCc1ccc(C=S)cc1. The normalized spacial score (nSPS) is 9.30. The predicted octanol–water partition coefficient (Wildman–Crippen LogP) is 1.53. The van der Waals surface area contributed by atoms with Crippen molar-refractivity contribution in [2.75, 3.05) is 0 Å². The second-order valence-electron chi connectivity index (χ2n) is 2.02. The van der Waals surface area contributed by atoms with E-state index in [0.29, 0.717) is 0 Å².